The molecule has 3 aromatic rings. The Morgan fingerprint density at radius 3 is 2.70 bits per heavy atom. The number of nitrogens with zero attached hydrogens (tertiary/aromatic N) is 3. The maximum absolute atomic E-state index is 6.19. The minimum absolute atomic E-state index is 0.425. The first-order valence-corrected chi connectivity index (χ1v) is 7.91. The summed E-state index contributed by atoms with van der Waals surface area (Å²) < 4.78 is 8.07. The number of pyridine rings is 1. The van der Waals surface area contributed by atoms with E-state index < -0.39 is 0 Å². The van der Waals surface area contributed by atoms with Gasteiger partial charge in [0.1, 0.15) is 6.61 Å². The predicted molar refractivity (Wildman–Crippen MR) is 93.1 cm³/mol. The van der Waals surface area contributed by atoms with Crippen molar-refractivity contribution >= 4 is 17.2 Å². The summed E-state index contributed by atoms with van der Waals surface area (Å²) in [6.45, 7) is 3.29. The van der Waals surface area contributed by atoms with E-state index in [1.807, 2.05) is 49.5 Å². The first-order valence-electron chi connectivity index (χ1n) is 7.53. The van der Waals surface area contributed by atoms with Gasteiger partial charge in [-0.1, -0.05) is 29.8 Å². The zero-order valence-corrected chi connectivity index (χ0v) is 14.3. The molecular weight excluding hydrogens is 310 g/mol. The van der Waals surface area contributed by atoms with Crippen molar-refractivity contribution in [1.82, 2.24) is 14.3 Å². The van der Waals surface area contributed by atoms with E-state index in [4.69, 9.17) is 16.3 Å². The molecule has 2 heterocycles. The van der Waals surface area contributed by atoms with E-state index in [0.29, 0.717) is 11.6 Å². The number of benzene rings is 1. The van der Waals surface area contributed by atoms with Crippen molar-refractivity contribution in [3.63, 3.8) is 0 Å². The second-order valence-corrected chi connectivity index (χ2v) is 6.24. The third-order valence-corrected chi connectivity index (χ3v) is 4.09. The van der Waals surface area contributed by atoms with E-state index in [1.165, 1.54) is 5.69 Å². The molecular formula is C18H20ClN3O. The fourth-order valence-corrected chi connectivity index (χ4v) is 2.77. The summed E-state index contributed by atoms with van der Waals surface area (Å²) in [6, 6.07) is 11.6. The van der Waals surface area contributed by atoms with Gasteiger partial charge in [-0.25, -0.2) is 4.98 Å². The number of fused-ring (bicyclic) bond motifs is 1. The molecule has 0 amide bonds. The number of rotatable bonds is 5. The highest BCUT2D eigenvalue weighted by Crippen LogP contribution is 2.24. The Bertz CT molecular complexity index is 826. The number of imidazole rings is 1. The predicted octanol–water partition coefficient (Wildman–Crippen LogP) is 3.94. The molecule has 0 aliphatic rings. The summed E-state index contributed by atoms with van der Waals surface area (Å²) in [5.74, 6) is 0.764. The Kier molecular flexibility index (Phi) is 4.55. The molecule has 0 bridgehead atoms. The average molecular weight is 330 g/mol. The molecule has 3 rings (SSSR count). The summed E-state index contributed by atoms with van der Waals surface area (Å²) in [5, 5.41) is 0.715. The topological polar surface area (TPSA) is 29.8 Å². The highest BCUT2D eigenvalue weighted by atomic mass is 35.5. The average Bonchev–Trinajstić information content (AvgIpc) is 2.83. The maximum atomic E-state index is 6.19. The second-order valence-electron chi connectivity index (χ2n) is 5.83. The Hall–Kier alpha value is -2.04. The van der Waals surface area contributed by atoms with Crippen molar-refractivity contribution < 1.29 is 4.74 Å². The zero-order chi connectivity index (χ0) is 16.4. The molecule has 0 N–H and O–H groups in total. The first-order chi connectivity index (χ1) is 11.1. The van der Waals surface area contributed by atoms with E-state index in [9.17, 15) is 0 Å². The van der Waals surface area contributed by atoms with Crippen LogP contribution < -0.4 is 4.74 Å². The molecule has 1 aromatic carbocycles. The highest BCUT2D eigenvalue weighted by molar-refractivity contribution is 6.31. The maximum Gasteiger partial charge on any atom is 0.180 e. The van der Waals surface area contributed by atoms with Gasteiger partial charge in [0.05, 0.1) is 11.4 Å². The van der Waals surface area contributed by atoms with Crippen LogP contribution in [-0.2, 0) is 13.2 Å². The summed E-state index contributed by atoms with van der Waals surface area (Å²) in [4.78, 5) is 6.81. The molecule has 0 atom stereocenters. The molecule has 120 valence electrons. The van der Waals surface area contributed by atoms with Crippen LogP contribution in [0.4, 0.5) is 0 Å². The van der Waals surface area contributed by atoms with Gasteiger partial charge in [0.25, 0.3) is 0 Å². The third-order valence-electron chi connectivity index (χ3n) is 3.72. The smallest absolute Gasteiger partial charge is 0.180 e. The van der Waals surface area contributed by atoms with Crippen molar-refractivity contribution in [3.05, 3.63) is 64.6 Å². The lowest BCUT2D eigenvalue weighted by Crippen LogP contribution is -2.13. The van der Waals surface area contributed by atoms with Gasteiger partial charge in [-0.05, 0) is 39.2 Å². The Labute approximate surface area is 141 Å². The molecule has 0 saturated heterocycles. The Balaban J connectivity index is 1.91. The monoisotopic (exact) mass is 329 g/mol. The van der Waals surface area contributed by atoms with Crippen LogP contribution in [0.5, 0.6) is 5.75 Å². The normalized spacial score (nSPS) is 11.3. The van der Waals surface area contributed by atoms with Gasteiger partial charge in [-0.2, -0.15) is 0 Å². The van der Waals surface area contributed by atoms with E-state index >= 15 is 0 Å². The minimum atomic E-state index is 0.425. The summed E-state index contributed by atoms with van der Waals surface area (Å²) in [6.07, 6.45) is 2.02. The molecule has 0 unspecified atom stereocenters. The molecule has 5 heteroatoms. The molecule has 23 heavy (non-hydrogen) atoms. The number of ether oxygens (including phenoxy) is 1. The molecule has 0 aliphatic carbocycles. The Morgan fingerprint density at radius 2 is 1.96 bits per heavy atom. The summed E-state index contributed by atoms with van der Waals surface area (Å²) >= 11 is 6.19. The van der Waals surface area contributed by atoms with Crippen LogP contribution in [0.15, 0.2) is 42.6 Å². The van der Waals surface area contributed by atoms with Crippen molar-refractivity contribution in [2.24, 2.45) is 0 Å². The first kappa shape index (κ1) is 15.8. The number of hydrogen-bond acceptors (Lipinski definition) is 3. The van der Waals surface area contributed by atoms with E-state index in [-0.39, 0.29) is 0 Å². The highest BCUT2D eigenvalue weighted by Gasteiger charge is 2.13. The van der Waals surface area contributed by atoms with E-state index in [2.05, 4.69) is 28.4 Å². The lowest BCUT2D eigenvalue weighted by molar-refractivity contribution is 0.308. The number of aryl methyl sites for hydroxylation is 1. The second kappa shape index (κ2) is 6.60. The summed E-state index contributed by atoms with van der Waals surface area (Å²) in [7, 11) is 4.10. The van der Waals surface area contributed by atoms with Crippen molar-refractivity contribution in [3.8, 4) is 5.75 Å². The van der Waals surface area contributed by atoms with Gasteiger partial charge in [0.15, 0.2) is 11.4 Å². The fourth-order valence-electron chi connectivity index (χ4n) is 2.58. The van der Waals surface area contributed by atoms with Gasteiger partial charge < -0.3 is 9.64 Å². The lowest BCUT2D eigenvalue weighted by atomic mass is 10.2. The standard InChI is InChI=1S/C18H20ClN3O/c1-13-16(11-21(2)3)22-10-6-9-17(18(22)20-13)23-12-14-7-4-5-8-15(14)19/h4-10H,11-12H2,1-3H3. The summed E-state index contributed by atoms with van der Waals surface area (Å²) in [5.41, 5.74) is 4.00. The van der Waals surface area contributed by atoms with Gasteiger partial charge in [-0.15, -0.1) is 0 Å². The number of halogens is 1. The number of hydrogen-bond donors (Lipinski definition) is 0. The van der Waals surface area contributed by atoms with Crippen LogP contribution in [-0.4, -0.2) is 28.4 Å². The van der Waals surface area contributed by atoms with Gasteiger partial charge in [0.2, 0.25) is 0 Å². The van der Waals surface area contributed by atoms with Crippen LogP contribution in [0.1, 0.15) is 17.0 Å². The molecule has 0 aliphatic heterocycles. The van der Waals surface area contributed by atoms with Crippen molar-refractivity contribution in [2.75, 3.05) is 14.1 Å². The molecule has 2 aromatic heterocycles. The lowest BCUT2D eigenvalue weighted by Gasteiger charge is -2.11. The van der Waals surface area contributed by atoms with Gasteiger partial charge >= 0.3 is 0 Å². The van der Waals surface area contributed by atoms with Crippen LogP contribution in [0.25, 0.3) is 5.65 Å². The zero-order valence-electron chi connectivity index (χ0n) is 13.6. The molecule has 0 saturated carbocycles. The largest absolute Gasteiger partial charge is 0.485 e. The molecule has 0 radical (unpaired) electrons. The van der Waals surface area contributed by atoms with Crippen molar-refractivity contribution in [1.29, 1.82) is 0 Å². The van der Waals surface area contributed by atoms with Crippen LogP contribution >= 0.6 is 11.6 Å². The van der Waals surface area contributed by atoms with Gasteiger partial charge in [-0.3, -0.25) is 4.40 Å². The minimum Gasteiger partial charge on any atom is -0.485 e. The molecule has 0 spiro atoms. The quantitative estimate of drug-likeness (QED) is 0.710. The third kappa shape index (κ3) is 3.33. The SMILES string of the molecule is Cc1nc2c(OCc3ccccc3Cl)cccn2c1CN(C)C. The van der Waals surface area contributed by atoms with Crippen LogP contribution in [0, 0.1) is 6.92 Å². The van der Waals surface area contributed by atoms with Crippen LogP contribution in [0.3, 0.4) is 0 Å². The fraction of sp³-hybridized carbons (Fsp3) is 0.278. The molecule has 0 fully saturated rings. The van der Waals surface area contributed by atoms with E-state index in [0.717, 1.165) is 29.2 Å². The van der Waals surface area contributed by atoms with E-state index in [1.54, 1.807) is 0 Å². The molecule has 4 nitrogen and oxygen atoms in total. The van der Waals surface area contributed by atoms with Crippen molar-refractivity contribution in [2.45, 2.75) is 20.1 Å². The Morgan fingerprint density at radius 1 is 1.17 bits per heavy atom. The van der Waals surface area contributed by atoms with Crippen LogP contribution in [0.2, 0.25) is 5.02 Å². The number of aromatic nitrogens is 2. The van der Waals surface area contributed by atoms with Gasteiger partial charge in [0, 0.05) is 23.3 Å².